The van der Waals surface area contributed by atoms with Gasteiger partial charge < -0.3 is 4.90 Å². The van der Waals surface area contributed by atoms with Gasteiger partial charge in [-0.1, -0.05) is 206 Å². The molecule has 57 heavy (non-hydrogen) atoms. The number of anilines is 3. The fourth-order valence-electron chi connectivity index (χ4n) is 8.45. The van der Waals surface area contributed by atoms with Gasteiger partial charge >= 0.3 is 0 Å². The lowest BCUT2D eigenvalue weighted by Crippen LogP contribution is -2.12. The monoisotopic (exact) mass is 725 g/mol. The van der Waals surface area contributed by atoms with Crippen LogP contribution in [0.25, 0.3) is 77.2 Å². The lowest BCUT2D eigenvalue weighted by Gasteiger charge is -2.31. The van der Waals surface area contributed by atoms with Gasteiger partial charge in [-0.3, -0.25) is 0 Å². The largest absolute Gasteiger partial charge is 0.309 e. The predicted octanol–water partition coefficient (Wildman–Crippen LogP) is 15.8. The van der Waals surface area contributed by atoms with Crippen molar-refractivity contribution in [1.29, 1.82) is 0 Å². The highest BCUT2D eigenvalue weighted by Gasteiger charge is 2.24. The molecule has 1 heteroatoms. The third-order valence-electron chi connectivity index (χ3n) is 11.1. The second-order valence-electron chi connectivity index (χ2n) is 14.4. The minimum Gasteiger partial charge on any atom is -0.309 e. The summed E-state index contributed by atoms with van der Waals surface area (Å²) in [5.41, 5.74) is 15.3. The first kappa shape index (κ1) is 34.0. The molecule has 0 N–H and O–H groups in total. The van der Waals surface area contributed by atoms with Gasteiger partial charge in [-0.25, -0.2) is 0 Å². The second kappa shape index (κ2) is 15.0. The first-order valence-corrected chi connectivity index (χ1v) is 19.6. The fourth-order valence-corrected chi connectivity index (χ4v) is 8.45. The molecule has 10 aromatic carbocycles. The Morgan fingerprint density at radius 1 is 0.246 bits per heavy atom. The highest BCUT2D eigenvalue weighted by Crippen LogP contribution is 2.51. The highest BCUT2D eigenvalue weighted by atomic mass is 15.1. The number of benzene rings is 10. The maximum Gasteiger partial charge on any atom is 0.0546 e. The zero-order valence-electron chi connectivity index (χ0n) is 31.5. The molecule has 10 rings (SSSR count). The van der Waals surface area contributed by atoms with E-state index in [0.717, 1.165) is 28.2 Å². The van der Waals surface area contributed by atoms with Crippen molar-refractivity contribution in [3.63, 3.8) is 0 Å². The van der Waals surface area contributed by atoms with Gasteiger partial charge in [0.15, 0.2) is 0 Å². The Kier molecular flexibility index (Phi) is 8.95. The van der Waals surface area contributed by atoms with Gasteiger partial charge in [0.05, 0.1) is 11.4 Å². The van der Waals surface area contributed by atoms with Crippen molar-refractivity contribution >= 4 is 38.6 Å². The fraction of sp³-hybridized carbons (Fsp3) is 0. The van der Waals surface area contributed by atoms with E-state index in [1.807, 2.05) is 0 Å². The van der Waals surface area contributed by atoms with E-state index in [-0.39, 0.29) is 0 Å². The van der Waals surface area contributed by atoms with Gasteiger partial charge in [-0.15, -0.1) is 0 Å². The lowest BCUT2D eigenvalue weighted by molar-refractivity contribution is 1.30. The molecule has 0 radical (unpaired) electrons. The van der Waals surface area contributed by atoms with Crippen LogP contribution >= 0.6 is 0 Å². The summed E-state index contributed by atoms with van der Waals surface area (Å²) in [5, 5.41) is 4.87. The molecule has 0 saturated heterocycles. The molecular weight excluding hydrogens is 687 g/mol. The van der Waals surface area contributed by atoms with Crippen LogP contribution in [-0.2, 0) is 0 Å². The summed E-state index contributed by atoms with van der Waals surface area (Å²) in [7, 11) is 0. The summed E-state index contributed by atoms with van der Waals surface area (Å²) in [6.45, 7) is 0. The van der Waals surface area contributed by atoms with Gasteiger partial charge in [0.2, 0.25) is 0 Å². The average molecular weight is 726 g/mol. The molecule has 0 spiro atoms. The van der Waals surface area contributed by atoms with Gasteiger partial charge in [0.25, 0.3) is 0 Å². The van der Waals surface area contributed by atoms with Crippen LogP contribution < -0.4 is 4.90 Å². The molecule has 0 aliphatic heterocycles. The lowest BCUT2D eigenvalue weighted by atomic mass is 9.84. The van der Waals surface area contributed by atoms with Crippen LogP contribution in [0.5, 0.6) is 0 Å². The summed E-state index contributed by atoms with van der Waals surface area (Å²) in [4.78, 5) is 2.48. The van der Waals surface area contributed by atoms with Crippen molar-refractivity contribution in [3.8, 4) is 55.6 Å². The molecule has 0 amide bonds. The van der Waals surface area contributed by atoms with Gasteiger partial charge in [-0.05, 0) is 96.6 Å². The van der Waals surface area contributed by atoms with Crippen LogP contribution in [0, 0.1) is 0 Å². The Bertz CT molecular complexity index is 2960. The van der Waals surface area contributed by atoms with E-state index in [1.165, 1.54) is 66.1 Å². The van der Waals surface area contributed by atoms with Crippen molar-refractivity contribution in [2.24, 2.45) is 0 Å². The summed E-state index contributed by atoms with van der Waals surface area (Å²) in [5.74, 6) is 0. The summed E-state index contributed by atoms with van der Waals surface area (Å²) < 4.78 is 0. The van der Waals surface area contributed by atoms with Crippen molar-refractivity contribution in [2.45, 2.75) is 0 Å². The zero-order valence-corrected chi connectivity index (χ0v) is 31.5. The molecule has 1 nitrogen and oxygen atoms in total. The number of hydrogen-bond donors (Lipinski definition) is 0. The Morgan fingerprint density at radius 3 is 1.25 bits per heavy atom. The zero-order chi connectivity index (χ0) is 38.0. The van der Waals surface area contributed by atoms with Gasteiger partial charge in [0, 0.05) is 16.6 Å². The summed E-state index contributed by atoms with van der Waals surface area (Å²) >= 11 is 0. The third kappa shape index (κ3) is 6.36. The van der Waals surface area contributed by atoms with Crippen molar-refractivity contribution < 1.29 is 0 Å². The minimum atomic E-state index is 1.09. The third-order valence-corrected chi connectivity index (χ3v) is 11.1. The molecule has 0 bridgehead atoms. The van der Waals surface area contributed by atoms with Crippen LogP contribution in [-0.4, -0.2) is 0 Å². The van der Waals surface area contributed by atoms with Crippen LogP contribution in [0.4, 0.5) is 17.1 Å². The molecule has 0 unspecified atom stereocenters. The van der Waals surface area contributed by atoms with Crippen molar-refractivity contribution in [1.82, 2.24) is 0 Å². The summed E-state index contributed by atoms with van der Waals surface area (Å²) in [6.07, 6.45) is 0. The quantitative estimate of drug-likeness (QED) is 0.141. The molecule has 0 atom stereocenters. The Morgan fingerprint density at radius 2 is 0.667 bits per heavy atom. The Balaban J connectivity index is 1.31. The molecule has 10 aromatic rings. The molecule has 0 aliphatic carbocycles. The molecule has 0 heterocycles. The van der Waals surface area contributed by atoms with Gasteiger partial charge in [-0.2, -0.15) is 0 Å². The molecule has 0 aliphatic rings. The topological polar surface area (TPSA) is 3.24 Å². The van der Waals surface area contributed by atoms with Crippen LogP contribution in [0.15, 0.2) is 237 Å². The average Bonchev–Trinajstić information content (AvgIpc) is 3.30. The molecule has 268 valence electrons. The van der Waals surface area contributed by atoms with E-state index in [9.17, 15) is 0 Å². The minimum absolute atomic E-state index is 1.09. The smallest absolute Gasteiger partial charge is 0.0546 e. The Labute approximate surface area is 334 Å². The molecule has 0 aromatic heterocycles. The van der Waals surface area contributed by atoms with Crippen molar-refractivity contribution in [3.05, 3.63) is 237 Å². The van der Waals surface area contributed by atoms with E-state index in [1.54, 1.807) is 0 Å². The van der Waals surface area contributed by atoms with Crippen LogP contribution in [0.3, 0.4) is 0 Å². The maximum atomic E-state index is 2.48. The van der Waals surface area contributed by atoms with E-state index < -0.39 is 0 Å². The van der Waals surface area contributed by atoms with Crippen LogP contribution in [0.1, 0.15) is 0 Å². The number of fused-ring (bicyclic) bond motifs is 3. The molecule has 0 saturated carbocycles. The maximum absolute atomic E-state index is 2.48. The number of rotatable bonds is 8. The molecular formula is C56H39N. The first-order valence-electron chi connectivity index (χ1n) is 19.6. The standard InChI is InChI=1S/C56H39N/c1-6-19-40(20-7-1)42-33-36-47(37-34-42)57(52-38-35-46(41-21-8-2-9-22-41)39-51(52)43-23-10-3-11-24-43)53-32-18-31-50-55(45-27-14-5-15-28-45)54(44-25-12-4-13-26-44)48-29-16-17-30-49(48)56(50)53/h1-39H. The van der Waals surface area contributed by atoms with E-state index in [2.05, 4.69) is 241 Å². The van der Waals surface area contributed by atoms with E-state index >= 15 is 0 Å². The Hall–Kier alpha value is -7.48. The van der Waals surface area contributed by atoms with Crippen molar-refractivity contribution in [2.75, 3.05) is 4.90 Å². The first-order chi connectivity index (χ1) is 28.3. The summed E-state index contributed by atoms with van der Waals surface area (Å²) in [6, 6.07) is 85.7. The van der Waals surface area contributed by atoms with Crippen LogP contribution in [0.2, 0.25) is 0 Å². The normalized spacial score (nSPS) is 11.2. The van der Waals surface area contributed by atoms with E-state index in [4.69, 9.17) is 0 Å². The predicted molar refractivity (Wildman–Crippen MR) is 243 cm³/mol. The molecule has 0 fully saturated rings. The second-order valence-corrected chi connectivity index (χ2v) is 14.4. The van der Waals surface area contributed by atoms with Gasteiger partial charge in [0.1, 0.15) is 0 Å². The number of nitrogens with zero attached hydrogens (tertiary/aromatic N) is 1. The van der Waals surface area contributed by atoms with E-state index in [0.29, 0.717) is 0 Å². The number of hydrogen-bond acceptors (Lipinski definition) is 1. The highest BCUT2D eigenvalue weighted by molar-refractivity contribution is 6.25. The SMILES string of the molecule is c1ccc(-c2ccc(N(c3ccc(-c4ccccc4)cc3-c3ccccc3)c3cccc4c(-c5ccccc5)c(-c5ccccc5)c5ccccc5c34)cc2)cc1.